The van der Waals surface area contributed by atoms with E-state index in [1.807, 2.05) is 31.2 Å². The lowest BCUT2D eigenvalue weighted by atomic mass is 10.3. The van der Waals surface area contributed by atoms with Gasteiger partial charge in [-0.25, -0.2) is 4.79 Å². The zero-order valence-electron chi connectivity index (χ0n) is 10.8. The molecule has 19 heavy (non-hydrogen) atoms. The fourth-order valence-corrected chi connectivity index (χ4v) is 1.92. The molecule has 0 unspecified atom stereocenters. The van der Waals surface area contributed by atoms with E-state index in [0.29, 0.717) is 11.5 Å². The summed E-state index contributed by atoms with van der Waals surface area (Å²) >= 11 is 2.22. The van der Waals surface area contributed by atoms with Gasteiger partial charge >= 0.3 is 5.97 Å². The molecule has 0 saturated carbocycles. The molecule has 5 nitrogen and oxygen atoms in total. The number of carbonyl (C=O) groups excluding carboxylic acids is 1. The SMILES string of the molecule is COC(=O)c1nn(C)c(C)c1Oc1ccc(I)cc1. The summed E-state index contributed by atoms with van der Waals surface area (Å²) in [7, 11) is 3.07. The molecule has 6 heteroatoms. The quantitative estimate of drug-likeness (QED) is 0.614. The molecule has 0 amide bonds. The molecule has 0 aliphatic heterocycles. The first-order chi connectivity index (χ1) is 9.02. The van der Waals surface area contributed by atoms with E-state index in [2.05, 4.69) is 27.7 Å². The standard InChI is InChI=1S/C13H13IN2O3/c1-8-12(11(13(17)18-3)15-16(8)2)19-10-6-4-9(14)5-7-10/h4-7H,1-3H3. The second-order valence-electron chi connectivity index (χ2n) is 3.93. The summed E-state index contributed by atoms with van der Waals surface area (Å²) in [5, 5.41) is 4.11. The second kappa shape index (κ2) is 5.60. The number of hydrogen-bond acceptors (Lipinski definition) is 4. The topological polar surface area (TPSA) is 53.3 Å². The molecule has 100 valence electrons. The van der Waals surface area contributed by atoms with E-state index in [-0.39, 0.29) is 5.69 Å². The van der Waals surface area contributed by atoms with Crippen LogP contribution in [0.25, 0.3) is 0 Å². The van der Waals surface area contributed by atoms with Crippen molar-refractivity contribution in [3.05, 3.63) is 39.2 Å². The first kappa shape index (κ1) is 13.9. The van der Waals surface area contributed by atoms with Crippen LogP contribution >= 0.6 is 22.6 Å². The summed E-state index contributed by atoms with van der Waals surface area (Å²) in [6, 6.07) is 7.55. The van der Waals surface area contributed by atoms with E-state index in [0.717, 1.165) is 9.26 Å². The number of halogens is 1. The molecule has 0 fully saturated rings. The van der Waals surface area contributed by atoms with Gasteiger partial charge in [-0.2, -0.15) is 5.10 Å². The number of carbonyl (C=O) groups is 1. The minimum atomic E-state index is -0.510. The summed E-state index contributed by atoms with van der Waals surface area (Å²) in [5.41, 5.74) is 0.944. The normalized spacial score (nSPS) is 10.3. The van der Waals surface area contributed by atoms with E-state index in [4.69, 9.17) is 9.47 Å². The highest BCUT2D eigenvalue weighted by molar-refractivity contribution is 14.1. The van der Waals surface area contributed by atoms with Crippen molar-refractivity contribution < 1.29 is 14.3 Å². The summed E-state index contributed by atoms with van der Waals surface area (Å²) in [5.74, 6) is 0.571. The Hall–Kier alpha value is -1.57. The fourth-order valence-electron chi connectivity index (χ4n) is 1.56. The number of nitrogens with zero attached hydrogens (tertiary/aromatic N) is 2. The maximum Gasteiger partial charge on any atom is 0.362 e. The number of aryl methyl sites for hydroxylation is 1. The summed E-state index contributed by atoms with van der Waals surface area (Å²) in [6.07, 6.45) is 0. The van der Waals surface area contributed by atoms with Gasteiger partial charge in [-0.3, -0.25) is 4.68 Å². The maximum atomic E-state index is 11.7. The van der Waals surface area contributed by atoms with Crippen molar-refractivity contribution in [1.82, 2.24) is 9.78 Å². The Morgan fingerprint density at radius 1 is 1.32 bits per heavy atom. The summed E-state index contributed by atoms with van der Waals surface area (Å²) < 4.78 is 13.2. The molecule has 0 bridgehead atoms. The maximum absolute atomic E-state index is 11.7. The Balaban J connectivity index is 2.38. The molecule has 2 rings (SSSR count). The predicted molar refractivity (Wildman–Crippen MR) is 78.5 cm³/mol. The minimum absolute atomic E-state index is 0.182. The molecule has 1 aromatic carbocycles. The fraction of sp³-hybridized carbons (Fsp3) is 0.231. The van der Waals surface area contributed by atoms with Crippen molar-refractivity contribution in [2.45, 2.75) is 6.92 Å². The molecule has 0 N–H and O–H groups in total. The van der Waals surface area contributed by atoms with Crippen molar-refractivity contribution in [3.8, 4) is 11.5 Å². The van der Waals surface area contributed by atoms with E-state index in [9.17, 15) is 4.79 Å². The summed E-state index contributed by atoms with van der Waals surface area (Å²) in [6.45, 7) is 1.83. The molecule has 0 aliphatic carbocycles. The third kappa shape index (κ3) is 2.89. The van der Waals surface area contributed by atoms with E-state index >= 15 is 0 Å². The van der Waals surface area contributed by atoms with Gasteiger partial charge in [0.25, 0.3) is 0 Å². The second-order valence-corrected chi connectivity index (χ2v) is 5.18. The van der Waals surface area contributed by atoms with E-state index in [1.165, 1.54) is 7.11 Å². The average molecular weight is 372 g/mol. The number of ether oxygens (including phenoxy) is 2. The summed E-state index contributed by atoms with van der Waals surface area (Å²) in [4.78, 5) is 11.7. The highest BCUT2D eigenvalue weighted by Gasteiger charge is 2.22. The van der Waals surface area contributed by atoms with Gasteiger partial charge in [0, 0.05) is 10.6 Å². The number of rotatable bonds is 3. The third-order valence-electron chi connectivity index (χ3n) is 2.69. The molecule has 0 atom stereocenters. The number of esters is 1. The molecule has 0 radical (unpaired) electrons. The van der Waals surface area contributed by atoms with Gasteiger partial charge in [-0.05, 0) is 53.8 Å². The van der Waals surface area contributed by atoms with Crippen LogP contribution in [0.3, 0.4) is 0 Å². The number of aromatic nitrogens is 2. The van der Waals surface area contributed by atoms with Crippen LogP contribution in [-0.2, 0) is 11.8 Å². The van der Waals surface area contributed by atoms with Gasteiger partial charge in [0.2, 0.25) is 5.69 Å². The average Bonchev–Trinajstić information content (AvgIpc) is 2.68. The number of benzene rings is 1. The minimum Gasteiger partial charge on any atom is -0.464 e. The van der Waals surface area contributed by atoms with Crippen molar-refractivity contribution in [1.29, 1.82) is 0 Å². The molecule has 1 aromatic heterocycles. The highest BCUT2D eigenvalue weighted by atomic mass is 127. The first-order valence-electron chi connectivity index (χ1n) is 5.58. The lowest BCUT2D eigenvalue weighted by molar-refractivity contribution is 0.0590. The molecular weight excluding hydrogens is 359 g/mol. The van der Waals surface area contributed by atoms with Crippen molar-refractivity contribution in [2.75, 3.05) is 7.11 Å². The Labute approximate surface area is 124 Å². The van der Waals surface area contributed by atoms with Crippen molar-refractivity contribution in [2.24, 2.45) is 7.05 Å². The number of methoxy groups -OCH3 is 1. The molecular formula is C13H13IN2O3. The van der Waals surface area contributed by atoms with Crippen LogP contribution in [0.4, 0.5) is 0 Å². The van der Waals surface area contributed by atoms with Crippen LogP contribution in [-0.4, -0.2) is 22.9 Å². The van der Waals surface area contributed by atoms with Gasteiger partial charge in [-0.15, -0.1) is 0 Å². The van der Waals surface area contributed by atoms with Crippen molar-refractivity contribution in [3.63, 3.8) is 0 Å². The Bertz CT molecular complexity index is 605. The van der Waals surface area contributed by atoms with Gasteiger partial charge in [0.05, 0.1) is 12.8 Å². The number of hydrogen-bond donors (Lipinski definition) is 0. The van der Waals surface area contributed by atoms with Gasteiger partial charge in [0.15, 0.2) is 5.75 Å². The predicted octanol–water partition coefficient (Wildman–Crippen LogP) is 2.91. The molecule has 0 saturated heterocycles. The smallest absolute Gasteiger partial charge is 0.362 e. The highest BCUT2D eigenvalue weighted by Crippen LogP contribution is 2.29. The molecule has 0 aliphatic rings. The van der Waals surface area contributed by atoms with Crippen LogP contribution in [0.15, 0.2) is 24.3 Å². The Morgan fingerprint density at radius 3 is 2.53 bits per heavy atom. The van der Waals surface area contributed by atoms with E-state index in [1.54, 1.807) is 11.7 Å². The zero-order valence-corrected chi connectivity index (χ0v) is 13.0. The lowest BCUT2D eigenvalue weighted by Gasteiger charge is -2.06. The van der Waals surface area contributed by atoms with Gasteiger partial charge in [-0.1, -0.05) is 0 Å². The van der Waals surface area contributed by atoms with Gasteiger partial charge < -0.3 is 9.47 Å². The third-order valence-corrected chi connectivity index (χ3v) is 3.41. The molecule has 1 heterocycles. The van der Waals surface area contributed by atoms with E-state index < -0.39 is 5.97 Å². The van der Waals surface area contributed by atoms with Crippen LogP contribution in [0.2, 0.25) is 0 Å². The molecule has 0 spiro atoms. The van der Waals surface area contributed by atoms with Crippen LogP contribution in [0, 0.1) is 10.5 Å². The van der Waals surface area contributed by atoms with Crippen LogP contribution < -0.4 is 4.74 Å². The Kier molecular flexibility index (Phi) is 4.08. The van der Waals surface area contributed by atoms with Crippen LogP contribution in [0.5, 0.6) is 11.5 Å². The van der Waals surface area contributed by atoms with Crippen molar-refractivity contribution >= 4 is 28.6 Å². The largest absolute Gasteiger partial charge is 0.464 e. The Morgan fingerprint density at radius 2 is 1.95 bits per heavy atom. The van der Waals surface area contributed by atoms with Crippen LogP contribution in [0.1, 0.15) is 16.2 Å². The molecule has 2 aromatic rings. The lowest BCUT2D eigenvalue weighted by Crippen LogP contribution is -2.04. The van der Waals surface area contributed by atoms with Gasteiger partial charge in [0.1, 0.15) is 5.75 Å². The zero-order chi connectivity index (χ0) is 14.0. The first-order valence-corrected chi connectivity index (χ1v) is 6.66. The monoisotopic (exact) mass is 372 g/mol.